The Labute approximate surface area is 183 Å². The average molecular weight is 556 g/mol. The number of rotatable bonds is 7. The van der Waals surface area contributed by atoms with Crippen molar-refractivity contribution in [1.29, 1.82) is 0 Å². The molecule has 0 N–H and O–H groups in total. The third-order valence-electron chi connectivity index (χ3n) is 3.24. The van der Waals surface area contributed by atoms with Gasteiger partial charge < -0.3 is 21.8 Å². The normalized spacial score (nSPS) is 18.5. The molecule has 7 heteroatoms. The molecule has 0 aromatic heterocycles. The topological polar surface area (TPSA) is 98.5 Å². The van der Waals surface area contributed by atoms with E-state index in [1.165, 1.54) is 6.92 Å². The largest absolute Gasteiger partial charge is 2.00 e. The van der Waals surface area contributed by atoms with Crippen molar-refractivity contribution in [3.8, 4) is 5.92 Å². The SMILES string of the molecule is [C-]#CC(CCC[C@H]1O[C@@H]1CCC)OC(C)=O.[C-]#[O+].[C-]#[O+].[C-]#[O+].[CH]1[CH][CH][CH][CH]1.[W+2]. The molecule has 1 saturated carbocycles. The molecule has 1 aliphatic carbocycles. The summed E-state index contributed by atoms with van der Waals surface area (Å²) in [4.78, 5) is 10.7. The molecule has 1 aliphatic heterocycles. The van der Waals surface area contributed by atoms with Gasteiger partial charge in [-0.3, -0.25) is 4.79 Å². The molecule has 6 nitrogen and oxygen atoms in total. The molecular weight excluding hydrogens is 532 g/mol. The molecular formula is C21H24O6W+. The first-order valence-corrected chi connectivity index (χ1v) is 8.20. The summed E-state index contributed by atoms with van der Waals surface area (Å²) in [6.07, 6.45) is 22.2. The van der Waals surface area contributed by atoms with Gasteiger partial charge in [0, 0.05) is 6.92 Å². The first kappa shape index (κ1) is 34.4. The van der Waals surface area contributed by atoms with Gasteiger partial charge in [0.05, 0.1) is 12.2 Å². The van der Waals surface area contributed by atoms with Crippen LogP contribution in [0.25, 0.3) is 0 Å². The molecule has 1 heterocycles. The average Bonchev–Trinajstić information content (AvgIpc) is 3.17. The van der Waals surface area contributed by atoms with Crippen LogP contribution in [0.4, 0.5) is 0 Å². The van der Waals surface area contributed by atoms with E-state index >= 15 is 0 Å². The van der Waals surface area contributed by atoms with Gasteiger partial charge >= 0.3 is 60.9 Å². The van der Waals surface area contributed by atoms with Crippen LogP contribution in [-0.2, 0) is 49.3 Å². The molecule has 149 valence electrons. The van der Waals surface area contributed by atoms with E-state index in [-0.39, 0.29) is 27.0 Å². The molecule has 3 atom stereocenters. The molecule has 0 spiro atoms. The van der Waals surface area contributed by atoms with Gasteiger partial charge in [-0.25, -0.2) is 0 Å². The van der Waals surface area contributed by atoms with E-state index in [4.69, 9.17) is 29.9 Å². The van der Waals surface area contributed by atoms with Crippen LogP contribution < -0.4 is 0 Å². The molecule has 0 aromatic rings. The van der Waals surface area contributed by atoms with Crippen molar-refractivity contribution in [3.63, 3.8) is 0 Å². The first-order chi connectivity index (χ1) is 13.2. The van der Waals surface area contributed by atoms with Crippen LogP contribution in [0.15, 0.2) is 0 Å². The maximum atomic E-state index is 10.7. The summed E-state index contributed by atoms with van der Waals surface area (Å²) in [5.74, 6) is 1.88. The first-order valence-electron chi connectivity index (χ1n) is 8.20. The van der Waals surface area contributed by atoms with Crippen LogP contribution in [0.3, 0.4) is 0 Å². The fraction of sp³-hybridized carbons (Fsp3) is 0.476. The molecule has 0 bridgehead atoms. The molecule has 0 aromatic carbocycles. The smallest absolute Gasteiger partial charge is 0.0312 e. The molecule has 5 radical (unpaired) electrons. The quantitative estimate of drug-likeness (QED) is 0.159. The maximum absolute atomic E-state index is 10.7. The van der Waals surface area contributed by atoms with Gasteiger partial charge in [0.1, 0.15) is 6.10 Å². The van der Waals surface area contributed by atoms with E-state index in [2.05, 4.69) is 32.8 Å². The summed E-state index contributed by atoms with van der Waals surface area (Å²) < 4.78 is 32.9. The van der Waals surface area contributed by atoms with Crippen molar-refractivity contribution in [2.75, 3.05) is 0 Å². The summed E-state index contributed by atoms with van der Waals surface area (Å²) >= 11 is 0. The number of hydrogen-bond donors (Lipinski definition) is 0. The van der Waals surface area contributed by atoms with E-state index < -0.39 is 6.10 Å². The molecule has 2 fully saturated rings. The Kier molecular flexibility index (Phi) is 34.5. The Morgan fingerprint density at radius 2 is 1.46 bits per heavy atom. The van der Waals surface area contributed by atoms with Gasteiger partial charge in [0.2, 0.25) is 0 Å². The Balaban J connectivity index is -0.000000200. The second kappa shape index (κ2) is 28.1. The van der Waals surface area contributed by atoms with Crippen molar-refractivity contribution in [3.05, 3.63) is 58.5 Å². The Morgan fingerprint density at radius 3 is 1.82 bits per heavy atom. The number of ether oxygens (including phenoxy) is 2. The molecule has 0 amide bonds. The van der Waals surface area contributed by atoms with E-state index in [9.17, 15) is 4.79 Å². The van der Waals surface area contributed by atoms with Gasteiger partial charge in [-0.2, -0.15) is 0 Å². The Morgan fingerprint density at radius 1 is 1.04 bits per heavy atom. The third kappa shape index (κ3) is 22.9. The number of carbonyl (C=O) groups is 1. The van der Waals surface area contributed by atoms with Gasteiger partial charge in [-0.1, -0.05) is 13.3 Å². The fourth-order valence-electron chi connectivity index (χ4n) is 2.16. The van der Waals surface area contributed by atoms with Gasteiger partial charge in [0.25, 0.3) is 0 Å². The minimum absolute atomic E-state index is 0. The molecule has 1 saturated heterocycles. The van der Waals surface area contributed by atoms with E-state index in [0.29, 0.717) is 18.6 Å². The van der Waals surface area contributed by atoms with Crippen LogP contribution in [0.2, 0.25) is 0 Å². The zero-order valence-electron chi connectivity index (χ0n) is 16.0. The van der Waals surface area contributed by atoms with Crippen molar-refractivity contribution >= 4 is 5.97 Å². The molecule has 2 aliphatic rings. The minimum atomic E-state index is -0.485. The monoisotopic (exact) mass is 556 g/mol. The van der Waals surface area contributed by atoms with Crippen LogP contribution in [0.5, 0.6) is 0 Å². The Hall–Kier alpha value is -1.10. The van der Waals surface area contributed by atoms with Crippen molar-refractivity contribution in [2.45, 2.75) is 64.3 Å². The summed E-state index contributed by atoms with van der Waals surface area (Å²) in [5, 5.41) is 0. The Bertz CT molecular complexity index is 426. The summed E-state index contributed by atoms with van der Waals surface area (Å²) in [5.41, 5.74) is 0. The zero-order chi connectivity index (χ0) is 21.5. The van der Waals surface area contributed by atoms with E-state index in [1.54, 1.807) is 0 Å². The van der Waals surface area contributed by atoms with Crippen LogP contribution in [0, 0.1) is 64.4 Å². The van der Waals surface area contributed by atoms with Crippen LogP contribution in [-0.4, -0.2) is 24.3 Å². The predicted octanol–water partition coefficient (Wildman–Crippen LogP) is 3.15. The number of carbonyl (C=O) groups excluding carboxylic acids is 1. The zero-order valence-corrected chi connectivity index (χ0v) is 18.9. The maximum Gasteiger partial charge on any atom is 2.00 e. The number of hydrogen-bond acceptors (Lipinski definition) is 3. The summed E-state index contributed by atoms with van der Waals surface area (Å²) in [7, 11) is 0. The molecule has 1 unspecified atom stereocenters. The van der Waals surface area contributed by atoms with Gasteiger partial charge in [-0.15, -0.1) is 0 Å². The van der Waals surface area contributed by atoms with E-state index in [0.717, 1.165) is 25.7 Å². The van der Waals surface area contributed by atoms with Crippen molar-refractivity contribution in [2.24, 2.45) is 0 Å². The molecule has 2 rings (SSSR count). The van der Waals surface area contributed by atoms with Crippen LogP contribution in [0.1, 0.15) is 46.0 Å². The number of esters is 1. The summed E-state index contributed by atoms with van der Waals surface area (Å²) in [6, 6.07) is 0. The summed E-state index contributed by atoms with van der Waals surface area (Å²) in [6.45, 7) is 17.0. The van der Waals surface area contributed by atoms with Crippen molar-refractivity contribution in [1.82, 2.24) is 0 Å². The minimum Gasteiger partial charge on any atom is -0.0312 e. The fourth-order valence-corrected chi connectivity index (χ4v) is 2.16. The van der Waals surface area contributed by atoms with Gasteiger partial charge in [-0.05, 0) is 57.8 Å². The van der Waals surface area contributed by atoms with Crippen LogP contribution >= 0.6 is 0 Å². The predicted molar refractivity (Wildman–Crippen MR) is 93.4 cm³/mol. The van der Waals surface area contributed by atoms with E-state index in [1.807, 2.05) is 32.1 Å². The second-order valence-electron chi connectivity index (χ2n) is 5.14. The standard InChI is InChI=1S/C13H19O3.C5H5.3CO.W/c1-4-7-12-13(16-12)9-6-8-11(5-2)15-10(3)14;1-2-4-5-3-1;3*1-2;/h11-13H,4,6-9H2,1,3H3;1-5H;;;;/q-1;;;;;+2/t11?,12-,13-;;;;;/m1...../s1. The third-order valence-corrected chi connectivity index (χ3v) is 3.24. The second-order valence-corrected chi connectivity index (χ2v) is 5.14. The molecule has 28 heavy (non-hydrogen) atoms. The van der Waals surface area contributed by atoms with Crippen molar-refractivity contribution < 1.29 is 49.3 Å². The number of epoxide rings is 1. The van der Waals surface area contributed by atoms with Gasteiger partial charge in [0.15, 0.2) is 0 Å².